The number of carbonyl (C=O) groups is 2. The minimum absolute atomic E-state index is 0.197. The van der Waals surface area contributed by atoms with Crippen LogP contribution in [0.25, 0.3) is 6.08 Å². The van der Waals surface area contributed by atoms with E-state index in [2.05, 4.69) is 15.9 Å². The van der Waals surface area contributed by atoms with Crippen molar-refractivity contribution in [2.24, 2.45) is 0 Å². The van der Waals surface area contributed by atoms with E-state index >= 15 is 0 Å². The molecule has 1 N–H and O–H groups in total. The van der Waals surface area contributed by atoms with Gasteiger partial charge in [-0.15, -0.1) is 0 Å². The van der Waals surface area contributed by atoms with Gasteiger partial charge in [0.2, 0.25) is 0 Å². The molecule has 1 amide bonds. The third-order valence-corrected chi connectivity index (χ3v) is 5.60. The molecule has 2 aromatic carbocycles. The Morgan fingerprint density at radius 3 is 2.68 bits per heavy atom. The number of ether oxygens (including phenoxy) is 1. The molecule has 0 aliphatic carbocycles. The first-order valence-electron chi connectivity index (χ1n) is 7.97. The summed E-state index contributed by atoms with van der Waals surface area (Å²) in [6.45, 7) is -0.253. The Morgan fingerprint density at radius 1 is 1.29 bits per heavy atom. The van der Waals surface area contributed by atoms with Gasteiger partial charge >= 0.3 is 5.97 Å². The first-order chi connectivity index (χ1) is 13.3. The molecule has 0 saturated carbocycles. The fourth-order valence-electron chi connectivity index (χ4n) is 2.42. The average Bonchev–Trinajstić information content (AvgIpc) is 2.89. The van der Waals surface area contributed by atoms with Crippen molar-refractivity contribution in [3.63, 3.8) is 0 Å². The topological polar surface area (TPSA) is 66.8 Å². The van der Waals surface area contributed by atoms with Crippen molar-refractivity contribution in [2.45, 2.75) is 6.61 Å². The van der Waals surface area contributed by atoms with E-state index in [4.69, 9.17) is 22.1 Å². The molecule has 1 aliphatic rings. The predicted octanol–water partition coefficient (Wildman–Crippen LogP) is 4.45. The van der Waals surface area contributed by atoms with E-state index in [0.29, 0.717) is 16.2 Å². The second kappa shape index (κ2) is 8.85. The van der Waals surface area contributed by atoms with E-state index in [0.717, 1.165) is 26.7 Å². The number of thiocarbonyl (C=S) groups is 1. The van der Waals surface area contributed by atoms with E-state index in [1.54, 1.807) is 36.4 Å². The number of aliphatic carboxylic acids is 1. The van der Waals surface area contributed by atoms with Crippen LogP contribution in [0.4, 0.5) is 4.39 Å². The van der Waals surface area contributed by atoms with Gasteiger partial charge in [-0.2, -0.15) is 0 Å². The largest absolute Gasteiger partial charge is 0.488 e. The zero-order valence-corrected chi connectivity index (χ0v) is 17.4. The average molecular weight is 482 g/mol. The molecule has 9 heteroatoms. The Kier molecular flexibility index (Phi) is 6.48. The van der Waals surface area contributed by atoms with Gasteiger partial charge in [-0.3, -0.25) is 14.5 Å². The lowest BCUT2D eigenvalue weighted by atomic mass is 10.1. The molecule has 144 valence electrons. The van der Waals surface area contributed by atoms with Gasteiger partial charge in [-0.25, -0.2) is 4.39 Å². The van der Waals surface area contributed by atoms with Crippen molar-refractivity contribution in [1.82, 2.24) is 4.90 Å². The van der Waals surface area contributed by atoms with E-state index in [1.807, 2.05) is 0 Å². The summed E-state index contributed by atoms with van der Waals surface area (Å²) < 4.78 is 19.8. The molecule has 28 heavy (non-hydrogen) atoms. The summed E-state index contributed by atoms with van der Waals surface area (Å²) in [5.41, 5.74) is 1.43. The van der Waals surface area contributed by atoms with Gasteiger partial charge in [0, 0.05) is 10.0 Å². The van der Waals surface area contributed by atoms with Crippen LogP contribution in [0.3, 0.4) is 0 Å². The second-order valence-corrected chi connectivity index (χ2v) is 8.35. The molecule has 0 aromatic heterocycles. The van der Waals surface area contributed by atoms with Crippen molar-refractivity contribution in [3.8, 4) is 5.75 Å². The highest BCUT2D eigenvalue weighted by Crippen LogP contribution is 2.35. The molecule has 1 heterocycles. The van der Waals surface area contributed by atoms with E-state index in [-0.39, 0.29) is 16.7 Å². The highest BCUT2D eigenvalue weighted by Gasteiger charge is 2.33. The lowest BCUT2D eigenvalue weighted by Crippen LogP contribution is -2.33. The van der Waals surface area contributed by atoms with Gasteiger partial charge in [-0.1, -0.05) is 52.0 Å². The number of rotatable bonds is 6. The Labute approximate surface area is 178 Å². The van der Waals surface area contributed by atoms with Crippen LogP contribution in [-0.2, 0) is 16.2 Å². The Bertz CT molecular complexity index is 978. The lowest BCUT2D eigenvalue weighted by Gasteiger charge is -2.11. The summed E-state index contributed by atoms with van der Waals surface area (Å²) in [5.74, 6) is -1.39. The Hall–Kier alpha value is -2.23. The van der Waals surface area contributed by atoms with Crippen molar-refractivity contribution in [3.05, 3.63) is 68.8 Å². The Balaban J connectivity index is 1.83. The summed E-state index contributed by atoms with van der Waals surface area (Å²) in [6, 6.07) is 11.3. The number of hydrogen-bond donors (Lipinski definition) is 1. The number of hydrogen-bond acceptors (Lipinski definition) is 5. The molecule has 0 unspecified atom stereocenters. The summed E-state index contributed by atoms with van der Waals surface area (Å²) in [5, 5.41) is 8.93. The number of carboxylic acids is 1. The van der Waals surface area contributed by atoms with Crippen LogP contribution >= 0.6 is 39.9 Å². The standard InChI is InChI=1S/C19H13BrFNO4S2/c20-13-3-6-15(26-10-11-1-4-14(21)5-2-11)12(7-13)8-16-18(25)22(9-17(23)24)19(27)28-16/h1-8H,9-10H2,(H,23,24)/b16-8-. The minimum Gasteiger partial charge on any atom is -0.488 e. The van der Waals surface area contributed by atoms with Gasteiger partial charge < -0.3 is 9.84 Å². The van der Waals surface area contributed by atoms with Gasteiger partial charge in [0.15, 0.2) is 0 Å². The third-order valence-electron chi connectivity index (χ3n) is 3.73. The maximum atomic E-state index is 13.0. The minimum atomic E-state index is -1.14. The number of carboxylic acid groups (broad SMARTS) is 1. The molecule has 0 atom stereocenters. The highest BCUT2D eigenvalue weighted by molar-refractivity contribution is 9.10. The van der Waals surface area contributed by atoms with E-state index < -0.39 is 18.4 Å². The number of halogens is 2. The molecule has 0 radical (unpaired) electrons. The third kappa shape index (κ3) is 4.98. The quantitative estimate of drug-likeness (QED) is 0.485. The summed E-state index contributed by atoms with van der Waals surface area (Å²) in [4.78, 5) is 24.7. The zero-order valence-electron chi connectivity index (χ0n) is 14.2. The number of nitrogens with zero attached hydrogens (tertiary/aromatic N) is 1. The molecule has 1 saturated heterocycles. The molecule has 1 fully saturated rings. The maximum absolute atomic E-state index is 13.0. The van der Waals surface area contributed by atoms with Gasteiger partial charge in [-0.05, 0) is 42.0 Å². The number of benzene rings is 2. The monoisotopic (exact) mass is 481 g/mol. The van der Waals surface area contributed by atoms with Crippen LogP contribution in [0.15, 0.2) is 51.8 Å². The van der Waals surface area contributed by atoms with Gasteiger partial charge in [0.1, 0.15) is 29.0 Å². The first-order valence-corrected chi connectivity index (χ1v) is 9.99. The normalized spacial score (nSPS) is 15.4. The van der Waals surface area contributed by atoms with Crippen LogP contribution in [0.1, 0.15) is 11.1 Å². The summed E-state index contributed by atoms with van der Waals surface area (Å²) in [7, 11) is 0. The fraction of sp³-hybridized carbons (Fsp3) is 0.105. The summed E-state index contributed by atoms with van der Waals surface area (Å²) >= 11 is 9.54. The van der Waals surface area contributed by atoms with Crippen molar-refractivity contribution in [1.29, 1.82) is 0 Å². The number of amides is 1. The van der Waals surface area contributed by atoms with Crippen LogP contribution in [0.2, 0.25) is 0 Å². The second-order valence-electron chi connectivity index (χ2n) is 5.76. The lowest BCUT2D eigenvalue weighted by molar-refractivity contribution is -0.140. The van der Waals surface area contributed by atoms with Crippen LogP contribution < -0.4 is 4.74 Å². The molecular formula is C19H13BrFNO4S2. The number of carbonyl (C=O) groups excluding carboxylic acids is 1. The first kappa shape index (κ1) is 20.5. The maximum Gasteiger partial charge on any atom is 0.323 e. The number of thioether (sulfide) groups is 1. The van der Waals surface area contributed by atoms with Crippen LogP contribution in [0, 0.1) is 5.82 Å². The van der Waals surface area contributed by atoms with Crippen LogP contribution in [0.5, 0.6) is 5.75 Å². The molecule has 1 aliphatic heterocycles. The zero-order chi connectivity index (χ0) is 20.3. The highest BCUT2D eigenvalue weighted by atomic mass is 79.9. The van der Waals surface area contributed by atoms with Crippen molar-refractivity contribution in [2.75, 3.05) is 6.54 Å². The van der Waals surface area contributed by atoms with Crippen molar-refractivity contribution >= 4 is 62.2 Å². The smallest absolute Gasteiger partial charge is 0.323 e. The Morgan fingerprint density at radius 2 is 2.00 bits per heavy atom. The molecule has 3 rings (SSSR count). The summed E-state index contributed by atoms with van der Waals surface area (Å²) in [6.07, 6.45) is 1.62. The van der Waals surface area contributed by atoms with Crippen molar-refractivity contribution < 1.29 is 23.8 Å². The van der Waals surface area contributed by atoms with Gasteiger partial charge in [0.05, 0.1) is 4.91 Å². The predicted molar refractivity (Wildman–Crippen MR) is 112 cm³/mol. The molecular weight excluding hydrogens is 469 g/mol. The van der Waals surface area contributed by atoms with E-state index in [9.17, 15) is 14.0 Å². The molecule has 0 spiro atoms. The van der Waals surface area contributed by atoms with Gasteiger partial charge in [0.25, 0.3) is 5.91 Å². The van der Waals surface area contributed by atoms with Crippen LogP contribution in [-0.4, -0.2) is 32.7 Å². The fourth-order valence-corrected chi connectivity index (χ4v) is 4.04. The molecule has 5 nitrogen and oxygen atoms in total. The SMILES string of the molecule is O=C(O)CN1C(=O)/C(=C/c2cc(Br)ccc2OCc2ccc(F)cc2)SC1=S. The molecule has 0 bridgehead atoms. The molecule has 2 aromatic rings. The van der Waals surface area contributed by atoms with E-state index in [1.165, 1.54) is 12.1 Å².